The molecule has 7 atom stereocenters. The molecule has 2 saturated carbocycles. The highest BCUT2D eigenvalue weighted by atomic mass is 35.5. The number of hydrogen-bond acceptors (Lipinski definition) is 3. The summed E-state index contributed by atoms with van der Waals surface area (Å²) < 4.78 is 0. The van der Waals surface area contributed by atoms with Crippen LogP contribution in [0.4, 0.5) is 0 Å². The van der Waals surface area contributed by atoms with Crippen LogP contribution in [0.1, 0.15) is 71.1 Å². The smallest absolute Gasteiger partial charge is 0.0732 e. The second-order valence-corrected chi connectivity index (χ2v) is 11.9. The zero-order valence-electron chi connectivity index (χ0n) is 16.4. The fourth-order valence-corrected chi connectivity index (χ4v) is 8.97. The van der Waals surface area contributed by atoms with Crippen molar-refractivity contribution < 1.29 is 0 Å². The van der Waals surface area contributed by atoms with Gasteiger partial charge in [-0.1, -0.05) is 6.92 Å². The Morgan fingerprint density at radius 3 is 2.62 bits per heavy atom. The SMILES string of the molecule is CC1CCC2N=C([C@@H]3C4CC[C@H](C[C@@H]3C3CCC(Cl)CC3)N4C)SC2C1. The van der Waals surface area contributed by atoms with Crippen molar-refractivity contribution in [2.24, 2.45) is 28.7 Å². The van der Waals surface area contributed by atoms with E-state index in [9.17, 15) is 0 Å². The summed E-state index contributed by atoms with van der Waals surface area (Å²) in [5.74, 6) is 3.40. The predicted molar refractivity (Wildman–Crippen MR) is 113 cm³/mol. The number of fused-ring (bicyclic) bond motifs is 3. The van der Waals surface area contributed by atoms with Crippen LogP contribution in [-0.4, -0.2) is 45.7 Å². The number of aliphatic imine (C=N–C) groups is 1. The minimum Gasteiger partial charge on any atom is -0.300 e. The minimum atomic E-state index is 0.440. The Morgan fingerprint density at radius 1 is 1.00 bits per heavy atom. The van der Waals surface area contributed by atoms with Gasteiger partial charge in [-0.3, -0.25) is 9.89 Å². The van der Waals surface area contributed by atoms with Gasteiger partial charge >= 0.3 is 0 Å². The van der Waals surface area contributed by atoms with E-state index in [0.717, 1.165) is 41.0 Å². The number of nitrogens with zero attached hydrogens (tertiary/aromatic N) is 2. The molecule has 3 heterocycles. The van der Waals surface area contributed by atoms with E-state index >= 15 is 0 Å². The molecule has 4 fully saturated rings. The van der Waals surface area contributed by atoms with Crippen molar-refractivity contribution in [3.8, 4) is 0 Å². The Hall–Kier alpha value is 0.270. The van der Waals surface area contributed by atoms with Gasteiger partial charge in [-0.15, -0.1) is 23.4 Å². The molecular formula is C22H35ClN2S. The van der Waals surface area contributed by atoms with Crippen molar-refractivity contribution in [1.29, 1.82) is 0 Å². The van der Waals surface area contributed by atoms with Gasteiger partial charge in [0.25, 0.3) is 0 Å². The summed E-state index contributed by atoms with van der Waals surface area (Å²) in [6.07, 6.45) is 13.5. The van der Waals surface area contributed by atoms with E-state index in [-0.39, 0.29) is 0 Å². The molecule has 146 valence electrons. The van der Waals surface area contributed by atoms with Crippen LogP contribution in [0.5, 0.6) is 0 Å². The summed E-state index contributed by atoms with van der Waals surface area (Å²) in [6.45, 7) is 2.44. The van der Waals surface area contributed by atoms with Crippen molar-refractivity contribution in [3.05, 3.63) is 0 Å². The average Bonchev–Trinajstić information content (AvgIpc) is 3.13. The molecule has 2 bridgehead atoms. The molecule has 0 spiro atoms. The predicted octanol–water partition coefficient (Wildman–Crippen LogP) is 5.59. The van der Waals surface area contributed by atoms with Crippen LogP contribution in [-0.2, 0) is 0 Å². The highest BCUT2D eigenvalue weighted by molar-refractivity contribution is 8.14. The number of thioether (sulfide) groups is 1. The summed E-state index contributed by atoms with van der Waals surface area (Å²) in [5.41, 5.74) is 0. The summed E-state index contributed by atoms with van der Waals surface area (Å²) in [6, 6.07) is 2.23. The third-order valence-corrected chi connectivity index (χ3v) is 10.4. The standard InChI is InChI=1S/C22H35ClN2S/c1-13-3-9-18-20(11-13)26-22(24-18)21-17(14-4-6-15(23)7-5-14)12-16-8-10-19(21)25(16)2/h13-21H,3-12H2,1-2H3/t13?,14?,15?,16-,17-,18?,19?,20?,21+/m1/s1. The first-order valence-corrected chi connectivity index (χ1v) is 12.5. The number of piperidine rings is 1. The fraction of sp³-hybridized carbons (Fsp3) is 0.955. The molecule has 3 aliphatic heterocycles. The van der Waals surface area contributed by atoms with E-state index in [1.165, 1.54) is 64.2 Å². The van der Waals surface area contributed by atoms with Gasteiger partial charge in [-0.05, 0) is 89.0 Å². The number of hydrogen-bond donors (Lipinski definition) is 0. The van der Waals surface area contributed by atoms with Gasteiger partial charge in [0.2, 0.25) is 0 Å². The second kappa shape index (κ2) is 7.26. The summed E-state index contributed by atoms with van der Waals surface area (Å²) in [5, 5.41) is 2.80. The topological polar surface area (TPSA) is 15.6 Å². The molecule has 4 unspecified atom stereocenters. The zero-order chi connectivity index (χ0) is 17.8. The van der Waals surface area contributed by atoms with Crippen LogP contribution < -0.4 is 0 Å². The third-order valence-electron chi connectivity index (χ3n) is 8.49. The lowest BCUT2D eigenvalue weighted by Gasteiger charge is -2.47. The molecule has 2 nitrogen and oxygen atoms in total. The molecule has 2 aliphatic carbocycles. The van der Waals surface area contributed by atoms with Gasteiger partial charge in [-0.25, -0.2) is 0 Å². The van der Waals surface area contributed by atoms with Crippen molar-refractivity contribution in [1.82, 2.24) is 4.90 Å². The first-order valence-electron chi connectivity index (χ1n) is 11.2. The monoisotopic (exact) mass is 394 g/mol. The molecule has 0 N–H and O–H groups in total. The second-order valence-electron chi connectivity index (χ2n) is 10.0. The summed E-state index contributed by atoms with van der Waals surface area (Å²) in [4.78, 5) is 8.14. The van der Waals surface area contributed by atoms with Gasteiger partial charge < -0.3 is 0 Å². The van der Waals surface area contributed by atoms with Gasteiger partial charge in [0.15, 0.2) is 0 Å². The summed E-state index contributed by atoms with van der Waals surface area (Å²) in [7, 11) is 2.40. The normalized spacial score (nSPS) is 52.0. The van der Waals surface area contributed by atoms with Gasteiger partial charge in [0.1, 0.15) is 0 Å². The quantitative estimate of drug-likeness (QED) is 0.567. The molecule has 2 saturated heterocycles. The van der Waals surface area contributed by atoms with E-state index in [1.807, 2.05) is 0 Å². The Labute approximate surface area is 168 Å². The molecule has 5 rings (SSSR count). The Balaban J connectivity index is 1.40. The lowest BCUT2D eigenvalue weighted by atomic mass is 9.68. The maximum absolute atomic E-state index is 6.44. The number of rotatable bonds is 2. The zero-order valence-corrected chi connectivity index (χ0v) is 18.0. The largest absolute Gasteiger partial charge is 0.300 e. The first-order chi connectivity index (χ1) is 12.6. The van der Waals surface area contributed by atoms with E-state index in [1.54, 1.807) is 5.04 Å². The van der Waals surface area contributed by atoms with E-state index in [2.05, 4.69) is 30.6 Å². The van der Waals surface area contributed by atoms with E-state index in [0.29, 0.717) is 11.4 Å². The molecule has 0 aromatic rings. The Morgan fingerprint density at radius 2 is 1.81 bits per heavy atom. The van der Waals surface area contributed by atoms with Crippen LogP contribution in [0.2, 0.25) is 0 Å². The molecule has 5 aliphatic rings. The lowest BCUT2D eigenvalue weighted by Crippen LogP contribution is -2.51. The van der Waals surface area contributed by atoms with Crippen LogP contribution in [0, 0.1) is 23.7 Å². The van der Waals surface area contributed by atoms with Crippen molar-refractivity contribution in [3.63, 3.8) is 0 Å². The average molecular weight is 395 g/mol. The van der Waals surface area contributed by atoms with Crippen molar-refractivity contribution in [2.45, 2.75) is 99.9 Å². The minimum absolute atomic E-state index is 0.440. The molecule has 0 aromatic heterocycles. The van der Waals surface area contributed by atoms with Crippen molar-refractivity contribution in [2.75, 3.05) is 7.05 Å². The van der Waals surface area contributed by atoms with Crippen LogP contribution in [0.3, 0.4) is 0 Å². The lowest BCUT2D eigenvalue weighted by molar-refractivity contribution is 0.0593. The molecule has 26 heavy (non-hydrogen) atoms. The molecule has 0 radical (unpaired) electrons. The maximum atomic E-state index is 6.44. The number of alkyl halides is 1. The Bertz CT molecular complexity index is 558. The maximum Gasteiger partial charge on any atom is 0.0732 e. The van der Waals surface area contributed by atoms with Crippen LogP contribution in [0.25, 0.3) is 0 Å². The van der Waals surface area contributed by atoms with Gasteiger partial charge in [0.05, 0.1) is 11.1 Å². The first kappa shape index (κ1) is 18.3. The molecule has 0 amide bonds. The molecule has 4 heteroatoms. The summed E-state index contributed by atoms with van der Waals surface area (Å²) >= 11 is 8.65. The highest BCUT2D eigenvalue weighted by Crippen LogP contribution is 2.52. The van der Waals surface area contributed by atoms with Gasteiger partial charge in [-0.2, -0.15) is 0 Å². The third kappa shape index (κ3) is 3.18. The molecular weight excluding hydrogens is 360 g/mol. The van der Waals surface area contributed by atoms with E-state index < -0.39 is 0 Å². The Kier molecular flexibility index (Phi) is 5.11. The van der Waals surface area contributed by atoms with Crippen molar-refractivity contribution >= 4 is 28.4 Å². The highest BCUT2D eigenvalue weighted by Gasteiger charge is 2.51. The van der Waals surface area contributed by atoms with E-state index in [4.69, 9.17) is 16.6 Å². The van der Waals surface area contributed by atoms with Crippen LogP contribution in [0.15, 0.2) is 4.99 Å². The molecule has 0 aromatic carbocycles. The van der Waals surface area contributed by atoms with Crippen LogP contribution >= 0.6 is 23.4 Å². The fourth-order valence-electron chi connectivity index (χ4n) is 6.94. The number of halogens is 1. The van der Waals surface area contributed by atoms with Gasteiger partial charge in [0, 0.05) is 28.6 Å².